The van der Waals surface area contributed by atoms with Gasteiger partial charge >= 0.3 is 12.1 Å². The van der Waals surface area contributed by atoms with E-state index in [4.69, 9.17) is 19.7 Å². The number of alkyl carbamates (subject to hydrolysis) is 1. The molecule has 1 aliphatic carbocycles. The van der Waals surface area contributed by atoms with Crippen LogP contribution in [-0.4, -0.2) is 58.1 Å². The smallest absolute Gasteiger partial charge is 0.407 e. The third kappa shape index (κ3) is 9.36. The second-order valence-corrected chi connectivity index (χ2v) is 13.1. The van der Waals surface area contributed by atoms with Crippen molar-refractivity contribution in [1.82, 2.24) is 15.1 Å². The number of ether oxygens (including phenoxy) is 2. The van der Waals surface area contributed by atoms with E-state index < -0.39 is 17.7 Å². The third-order valence-electron chi connectivity index (χ3n) is 7.29. The molecule has 1 amide bonds. The largest absolute Gasteiger partial charge is 0.480 e. The van der Waals surface area contributed by atoms with Crippen molar-refractivity contribution in [2.45, 2.75) is 70.6 Å². The van der Waals surface area contributed by atoms with Crippen molar-refractivity contribution in [3.8, 4) is 22.4 Å². The lowest BCUT2D eigenvalue weighted by molar-refractivity contribution is -0.142. The van der Waals surface area contributed by atoms with Gasteiger partial charge < -0.3 is 19.9 Å². The van der Waals surface area contributed by atoms with E-state index in [-0.39, 0.29) is 6.61 Å². The Bertz CT molecular complexity index is 1310. The number of rotatable bonds is 12. The summed E-state index contributed by atoms with van der Waals surface area (Å²) in [6, 6.07) is 19.0. The van der Waals surface area contributed by atoms with Crippen LogP contribution in [0.5, 0.6) is 0 Å². The fourth-order valence-corrected chi connectivity index (χ4v) is 6.21. The average Bonchev–Trinajstić information content (AvgIpc) is 3.29. The van der Waals surface area contributed by atoms with Gasteiger partial charge in [-0.1, -0.05) is 60.2 Å². The molecule has 0 atom stereocenters. The van der Waals surface area contributed by atoms with Crippen molar-refractivity contribution in [1.29, 1.82) is 0 Å². The standard InChI is InChI=1S/C33H43N3O5S/c1-23-10-16-27(17-11-23)30-29(26-8-6-5-7-9-26)31(42-19-18-34-32(39)41-33(2,3)4)35-36(30)20-24-12-14-25(15-13-24)21-40-22-28(37)38/h5-11,16-17,24-25H,12-15,18-22H2,1-4H3,(H,34,39)(H,37,38). The van der Waals surface area contributed by atoms with Crippen molar-refractivity contribution >= 4 is 23.8 Å². The molecule has 0 unspecified atom stereocenters. The summed E-state index contributed by atoms with van der Waals surface area (Å²) in [5.41, 5.74) is 5.12. The van der Waals surface area contributed by atoms with Crippen LogP contribution in [0.2, 0.25) is 0 Å². The minimum atomic E-state index is -0.922. The van der Waals surface area contributed by atoms with Crippen LogP contribution in [-0.2, 0) is 20.8 Å². The normalized spacial score (nSPS) is 17.1. The van der Waals surface area contributed by atoms with E-state index in [0.717, 1.165) is 59.6 Å². The van der Waals surface area contributed by atoms with E-state index in [2.05, 4.69) is 65.5 Å². The van der Waals surface area contributed by atoms with E-state index in [9.17, 15) is 9.59 Å². The fraction of sp³-hybridized carbons (Fsp3) is 0.485. The fourth-order valence-electron chi connectivity index (χ4n) is 5.30. The number of nitrogens with zero attached hydrogens (tertiary/aromatic N) is 2. The Morgan fingerprint density at radius 1 is 1.00 bits per heavy atom. The number of carbonyl (C=O) groups is 2. The summed E-state index contributed by atoms with van der Waals surface area (Å²) in [7, 11) is 0. The molecule has 9 heteroatoms. The van der Waals surface area contributed by atoms with Crippen molar-refractivity contribution in [2.24, 2.45) is 11.8 Å². The predicted molar refractivity (Wildman–Crippen MR) is 167 cm³/mol. The molecule has 1 heterocycles. The highest BCUT2D eigenvalue weighted by Gasteiger charge is 2.26. The summed E-state index contributed by atoms with van der Waals surface area (Å²) in [6.45, 7) is 9.20. The van der Waals surface area contributed by atoms with Crippen LogP contribution in [0.4, 0.5) is 4.79 Å². The summed E-state index contributed by atoms with van der Waals surface area (Å²) in [5, 5.41) is 17.9. The Balaban J connectivity index is 1.56. The molecule has 3 aromatic rings. The zero-order chi connectivity index (χ0) is 30.1. The maximum absolute atomic E-state index is 12.2. The quantitative estimate of drug-likeness (QED) is 0.171. The number of nitrogens with one attached hydrogen (secondary N) is 1. The van der Waals surface area contributed by atoms with Crippen LogP contribution in [0.1, 0.15) is 52.0 Å². The van der Waals surface area contributed by atoms with Crippen molar-refractivity contribution in [3.63, 3.8) is 0 Å². The molecule has 0 radical (unpaired) electrons. The number of amides is 1. The van der Waals surface area contributed by atoms with Crippen LogP contribution < -0.4 is 5.32 Å². The number of carbonyl (C=O) groups excluding carboxylic acids is 1. The van der Waals surface area contributed by atoms with Gasteiger partial charge in [0.15, 0.2) is 0 Å². The molecule has 0 bridgehead atoms. The van der Waals surface area contributed by atoms with E-state index in [1.807, 2.05) is 26.8 Å². The lowest BCUT2D eigenvalue weighted by Crippen LogP contribution is -2.33. The maximum atomic E-state index is 12.2. The molecular weight excluding hydrogens is 550 g/mol. The van der Waals surface area contributed by atoms with Crippen LogP contribution >= 0.6 is 11.8 Å². The molecule has 0 saturated heterocycles. The van der Waals surface area contributed by atoms with Crippen LogP contribution in [0.25, 0.3) is 22.4 Å². The number of hydrogen-bond donors (Lipinski definition) is 2. The Morgan fingerprint density at radius 2 is 1.67 bits per heavy atom. The van der Waals surface area contributed by atoms with Crippen LogP contribution in [0, 0.1) is 18.8 Å². The van der Waals surface area contributed by atoms with Gasteiger partial charge in [0.25, 0.3) is 0 Å². The molecule has 1 aliphatic rings. The molecule has 2 N–H and O–H groups in total. The summed E-state index contributed by atoms with van der Waals surface area (Å²) < 4.78 is 12.9. The predicted octanol–water partition coefficient (Wildman–Crippen LogP) is 7.05. The summed E-state index contributed by atoms with van der Waals surface area (Å²) in [6.07, 6.45) is 3.74. The summed E-state index contributed by atoms with van der Waals surface area (Å²) in [4.78, 5) is 23.0. The number of benzene rings is 2. The minimum Gasteiger partial charge on any atom is -0.480 e. The SMILES string of the molecule is Cc1ccc(-c2c(-c3ccccc3)c(SCCNC(=O)OC(C)(C)C)nn2CC2CCC(COCC(=O)O)CC2)cc1. The van der Waals surface area contributed by atoms with Crippen molar-refractivity contribution < 1.29 is 24.2 Å². The first-order valence-electron chi connectivity index (χ1n) is 14.7. The molecule has 4 rings (SSSR count). The molecule has 8 nitrogen and oxygen atoms in total. The Morgan fingerprint density at radius 3 is 2.31 bits per heavy atom. The van der Waals surface area contributed by atoms with Gasteiger partial charge in [-0.25, -0.2) is 9.59 Å². The second kappa shape index (κ2) is 14.7. The minimum absolute atomic E-state index is 0.233. The number of carboxylic acids is 1. The highest BCUT2D eigenvalue weighted by Crippen LogP contribution is 2.41. The van der Waals surface area contributed by atoms with Crippen molar-refractivity contribution in [2.75, 3.05) is 25.5 Å². The number of aryl methyl sites for hydroxylation is 1. The number of aromatic nitrogens is 2. The Labute approximate surface area is 253 Å². The lowest BCUT2D eigenvalue weighted by Gasteiger charge is -2.28. The maximum Gasteiger partial charge on any atom is 0.407 e. The Hall–Kier alpha value is -3.30. The van der Waals surface area contributed by atoms with E-state index >= 15 is 0 Å². The van der Waals surface area contributed by atoms with Crippen LogP contribution in [0.15, 0.2) is 59.6 Å². The van der Waals surface area contributed by atoms with Crippen molar-refractivity contribution in [3.05, 3.63) is 60.2 Å². The Kier molecular flexibility index (Phi) is 11.1. The number of thioether (sulfide) groups is 1. The monoisotopic (exact) mass is 593 g/mol. The zero-order valence-corrected chi connectivity index (χ0v) is 25.9. The molecule has 1 saturated carbocycles. The number of hydrogen-bond acceptors (Lipinski definition) is 6. The first-order valence-corrected chi connectivity index (χ1v) is 15.7. The molecule has 42 heavy (non-hydrogen) atoms. The molecule has 1 aromatic heterocycles. The van der Waals surface area contributed by atoms with Gasteiger partial charge in [-0.15, -0.1) is 11.8 Å². The summed E-state index contributed by atoms with van der Waals surface area (Å²) in [5.74, 6) is 0.609. The van der Waals surface area contributed by atoms with Crippen LogP contribution in [0.3, 0.4) is 0 Å². The molecule has 1 fully saturated rings. The first kappa shape index (κ1) is 31.6. The van der Waals surface area contributed by atoms with Gasteiger partial charge in [0.2, 0.25) is 0 Å². The van der Waals surface area contributed by atoms with Gasteiger partial charge in [-0.2, -0.15) is 5.10 Å². The van der Waals surface area contributed by atoms with Gasteiger partial charge in [0.05, 0.1) is 12.3 Å². The van der Waals surface area contributed by atoms with Gasteiger partial charge in [0.1, 0.15) is 17.2 Å². The van der Waals surface area contributed by atoms with Gasteiger partial charge in [0, 0.05) is 30.0 Å². The highest BCUT2D eigenvalue weighted by molar-refractivity contribution is 7.99. The molecule has 0 aliphatic heterocycles. The van der Waals surface area contributed by atoms with E-state index in [0.29, 0.717) is 30.7 Å². The number of carboxylic acid groups (broad SMARTS) is 1. The lowest BCUT2D eigenvalue weighted by atomic mass is 9.82. The number of aliphatic carboxylic acids is 1. The molecular formula is C33H43N3O5S. The zero-order valence-electron chi connectivity index (χ0n) is 25.1. The average molecular weight is 594 g/mol. The molecule has 2 aromatic carbocycles. The molecule has 0 spiro atoms. The topological polar surface area (TPSA) is 103 Å². The molecule has 226 valence electrons. The second-order valence-electron chi connectivity index (χ2n) is 12.0. The highest BCUT2D eigenvalue weighted by atomic mass is 32.2. The third-order valence-corrected chi connectivity index (χ3v) is 8.26. The van der Waals surface area contributed by atoms with Gasteiger partial charge in [-0.05, 0) is 70.8 Å². The summed E-state index contributed by atoms with van der Waals surface area (Å²) >= 11 is 1.64. The van der Waals surface area contributed by atoms with Gasteiger partial charge in [-0.3, -0.25) is 4.68 Å². The van der Waals surface area contributed by atoms with E-state index in [1.165, 1.54) is 5.56 Å². The van der Waals surface area contributed by atoms with E-state index in [1.54, 1.807) is 11.8 Å². The first-order chi connectivity index (χ1) is 20.1.